The molecule has 1 aromatic carbocycles. The highest BCUT2D eigenvalue weighted by atomic mass is 16.5. The standard InChI is InChI=1S/C13H14N2O3/c1-10-7-12(15-18-10)8-14-13(16)17-9-11-5-3-2-4-6-11/h2-7H,8-9H2,1H3,(H,14,16). The molecule has 0 radical (unpaired) electrons. The van der Waals surface area contributed by atoms with Crippen molar-refractivity contribution in [2.75, 3.05) is 0 Å². The average molecular weight is 246 g/mol. The maximum Gasteiger partial charge on any atom is 0.407 e. The van der Waals surface area contributed by atoms with Gasteiger partial charge < -0.3 is 14.6 Å². The first-order chi connectivity index (χ1) is 8.74. The molecule has 94 valence electrons. The van der Waals surface area contributed by atoms with E-state index in [2.05, 4.69) is 10.5 Å². The fourth-order valence-electron chi connectivity index (χ4n) is 1.44. The Morgan fingerprint density at radius 1 is 1.39 bits per heavy atom. The van der Waals surface area contributed by atoms with Crippen LogP contribution >= 0.6 is 0 Å². The van der Waals surface area contributed by atoms with Crippen molar-refractivity contribution < 1.29 is 14.1 Å². The minimum absolute atomic E-state index is 0.254. The first-order valence-electron chi connectivity index (χ1n) is 5.61. The number of nitrogens with zero attached hydrogens (tertiary/aromatic N) is 1. The quantitative estimate of drug-likeness (QED) is 0.899. The van der Waals surface area contributed by atoms with Crippen LogP contribution < -0.4 is 5.32 Å². The van der Waals surface area contributed by atoms with Gasteiger partial charge in [0.15, 0.2) is 0 Å². The lowest BCUT2D eigenvalue weighted by atomic mass is 10.2. The van der Waals surface area contributed by atoms with Crippen LogP contribution in [0.15, 0.2) is 40.9 Å². The Balaban J connectivity index is 1.73. The van der Waals surface area contributed by atoms with Crippen molar-refractivity contribution in [3.63, 3.8) is 0 Å². The molecule has 5 heteroatoms. The van der Waals surface area contributed by atoms with E-state index in [1.165, 1.54) is 0 Å². The zero-order valence-electron chi connectivity index (χ0n) is 10.1. The van der Waals surface area contributed by atoms with Crippen LogP contribution in [0.3, 0.4) is 0 Å². The smallest absolute Gasteiger partial charge is 0.407 e. The molecular formula is C13H14N2O3. The van der Waals surface area contributed by atoms with Gasteiger partial charge in [0.25, 0.3) is 0 Å². The van der Waals surface area contributed by atoms with Gasteiger partial charge in [-0.3, -0.25) is 0 Å². The summed E-state index contributed by atoms with van der Waals surface area (Å²) >= 11 is 0. The summed E-state index contributed by atoms with van der Waals surface area (Å²) in [5, 5.41) is 6.36. The second-order valence-electron chi connectivity index (χ2n) is 3.84. The van der Waals surface area contributed by atoms with Gasteiger partial charge in [-0.1, -0.05) is 35.5 Å². The lowest BCUT2D eigenvalue weighted by molar-refractivity contribution is 0.139. The first kappa shape index (κ1) is 12.2. The molecule has 0 aliphatic carbocycles. The second kappa shape index (κ2) is 5.86. The van der Waals surface area contributed by atoms with E-state index in [1.807, 2.05) is 30.3 Å². The predicted molar refractivity (Wildman–Crippen MR) is 64.7 cm³/mol. The van der Waals surface area contributed by atoms with Crippen LogP contribution in [0.4, 0.5) is 4.79 Å². The number of amides is 1. The van der Waals surface area contributed by atoms with Crippen molar-refractivity contribution in [1.82, 2.24) is 10.5 Å². The molecule has 5 nitrogen and oxygen atoms in total. The van der Waals surface area contributed by atoms with E-state index in [0.29, 0.717) is 18.0 Å². The number of aromatic nitrogens is 1. The molecule has 1 amide bonds. The van der Waals surface area contributed by atoms with E-state index < -0.39 is 6.09 Å². The SMILES string of the molecule is Cc1cc(CNC(=O)OCc2ccccc2)no1. The lowest BCUT2D eigenvalue weighted by Crippen LogP contribution is -2.23. The molecule has 1 aromatic heterocycles. The maximum atomic E-state index is 11.4. The Morgan fingerprint density at radius 2 is 2.17 bits per heavy atom. The Hall–Kier alpha value is -2.30. The number of benzene rings is 1. The highest BCUT2D eigenvalue weighted by Gasteiger charge is 2.05. The Bertz CT molecular complexity index is 508. The summed E-state index contributed by atoms with van der Waals surface area (Å²) in [6.07, 6.45) is -0.473. The molecule has 1 heterocycles. The van der Waals surface area contributed by atoms with Gasteiger partial charge in [0, 0.05) is 6.07 Å². The minimum atomic E-state index is -0.473. The second-order valence-corrected chi connectivity index (χ2v) is 3.84. The zero-order valence-corrected chi connectivity index (χ0v) is 10.1. The van der Waals surface area contributed by atoms with E-state index in [-0.39, 0.29) is 6.61 Å². The van der Waals surface area contributed by atoms with Crippen LogP contribution in [-0.4, -0.2) is 11.2 Å². The molecular weight excluding hydrogens is 232 g/mol. The van der Waals surface area contributed by atoms with E-state index in [4.69, 9.17) is 9.26 Å². The topological polar surface area (TPSA) is 64.4 Å². The Morgan fingerprint density at radius 3 is 2.83 bits per heavy atom. The summed E-state index contributed by atoms with van der Waals surface area (Å²) in [5.74, 6) is 0.712. The van der Waals surface area contributed by atoms with Gasteiger partial charge >= 0.3 is 6.09 Å². The third-order valence-electron chi connectivity index (χ3n) is 2.30. The van der Waals surface area contributed by atoms with Crippen LogP contribution in [0.5, 0.6) is 0 Å². The first-order valence-corrected chi connectivity index (χ1v) is 5.61. The summed E-state index contributed by atoms with van der Waals surface area (Å²) in [4.78, 5) is 11.4. The molecule has 0 unspecified atom stereocenters. The third kappa shape index (κ3) is 3.62. The maximum absolute atomic E-state index is 11.4. The summed E-state index contributed by atoms with van der Waals surface area (Å²) in [7, 11) is 0. The number of nitrogens with one attached hydrogen (secondary N) is 1. The van der Waals surface area contributed by atoms with Gasteiger partial charge in [-0.2, -0.15) is 0 Å². The van der Waals surface area contributed by atoms with Crippen molar-refractivity contribution in [2.24, 2.45) is 0 Å². The molecule has 0 saturated heterocycles. The molecule has 0 aliphatic rings. The van der Waals surface area contributed by atoms with Gasteiger partial charge in [-0.25, -0.2) is 4.79 Å². The largest absolute Gasteiger partial charge is 0.445 e. The zero-order chi connectivity index (χ0) is 12.8. The Kier molecular flexibility index (Phi) is 3.96. The van der Waals surface area contributed by atoms with Crippen LogP contribution in [0.2, 0.25) is 0 Å². The number of hydrogen-bond donors (Lipinski definition) is 1. The highest BCUT2D eigenvalue weighted by molar-refractivity contribution is 5.67. The number of ether oxygens (including phenoxy) is 1. The van der Waals surface area contributed by atoms with Gasteiger partial charge in [-0.05, 0) is 12.5 Å². The number of carbonyl (C=O) groups is 1. The molecule has 0 saturated carbocycles. The van der Waals surface area contributed by atoms with E-state index in [1.54, 1.807) is 13.0 Å². The van der Waals surface area contributed by atoms with Crippen LogP contribution in [0.1, 0.15) is 17.0 Å². The van der Waals surface area contributed by atoms with Gasteiger partial charge in [0.2, 0.25) is 0 Å². The van der Waals surface area contributed by atoms with Crippen molar-refractivity contribution in [1.29, 1.82) is 0 Å². The molecule has 2 aromatic rings. The lowest BCUT2D eigenvalue weighted by Gasteiger charge is -2.05. The third-order valence-corrected chi connectivity index (χ3v) is 2.30. The number of rotatable bonds is 4. The van der Waals surface area contributed by atoms with Gasteiger partial charge in [0.05, 0.1) is 6.54 Å². The summed E-state index contributed by atoms with van der Waals surface area (Å²) in [6.45, 7) is 2.35. The van der Waals surface area contributed by atoms with E-state index >= 15 is 0 Å². The van der Waals surface area contributed by atoms with Crippen molar-refractivity contribution in [2.45, 2.75) is 20.1 Å². The number of hydrogen-bond acceptors (Lipinski definition) is 4. The molecule has 0 spiro atoms. The average Bonchev–Trinajstić information content (AvgIpc) is 2.81. The predicted octanol–water partition coefficient (Wildman–Crippen LogP) is 2.41. The van der Waals surface area contributed by atoms with Crippen LogP contribution in [0.25, 0.3) is 0 Å². The summed E-state index contributed by atoms with van der Waals surface area (Å²) < 4.78 is 9.93. The van der Waals surface area contributed by atoms with E-state index in [0.717, 1.165) is 5.56 Å². The Labute approximate surface area is 105 Å². The van der Waals surface area contributed by atoms with Crippen molar-refractivity contribution >= 4 is 6.09 Å². The minimum Gasteiger partial charge on any atom is -0.445 e. The summed E-state index contributed by atoms with van der Waals surface area (Å²) in [5.41, 5.74) is 1.62. The molecule has 1 N–H and O–H groups in total. The fraction of sp³-hybridized carbons (Fsp3) is 0.231. The van der Waals surface area contributed by atoms with Crippen LogP contribution in [-0.2, 0) is 17.9 Å². The fourth-order valence-corrected chi connectivity index (χ4v) is 1.44. The number of aryl methyl sites for hydroxylation is 1. The van der Waals surface area contributed by atoms with Crippen molar-refractivity contribution in [3.8, 4) is 0 Å². The van der Waals surface area contributed by atoms with Gasteiger partial charge in [-0.15, -0.1) is 0 Å². The van der Waals surface area contributed by atoms with Gasteiger partial charge in [0.1, 0.15) is 18.1 Å². The summed E-state index contributed by atoms with van der Waals surface area (Å²) in [6, 6.07) is 11.3. The molecule has 2 rings (SSSR count). The number of alkyl carbamates (subject to hydrolysis) is 1. The monoisotopic (exact) mass is 246 g/mol. The molecule has 18 heavy (non-hydrogen) atoms. The number of carbonyl (C=O) groups excluding carboxylic acids is 1. The highest BCUT2D eigenvalue weighted by Crippen LogP contribution is 2.02. The molecule has 0 fully saturated rings. The molecule has 0 bridgehead atoms. The molecule has 0 aliphatic heterocycles. The van der Waals surface area contributed by atoms with Crippen molar-refractivity contribution in [3.05, 3.63) is 53.4 Å². The normalized spacial score (nSPS) is 10.1. The molecule has 0 atom stereocenters. The van der Waals surface area contributed by atoms with Crippen LogP contribution in [0, 0.1) is 6.92 Å². The van der Waals surface area contributed by atoms with E-state index in [9.17, 15) is 4.79 Å².